The minimum absolute atomic E-state index is 0.0322. The highest BCUT2D eigenvalue weighted by atomic mass is 32.1. The zero-order chi connectivity index (χ0) is 27.0. The first kappa shape index (κ1) is 26.5. The molecular formula is C27H29F3N4O3S. The highest BCUT2D eigenvalue weighted by Crippen LogP contribution is 2.39. The zero-order valence-electron chi connectivity index (χ0n) is 21.1. The topological polar surface area (TPSA) is 70.8 Å². The van der Waals surface area contributed by atoms with E-state index in [2.05, 4.69) is 27.9 Å². The summed E-state index contributed by atoms with van der Waals surface area (Å²) in [5.41, 5.74) is 0.953. The van der Waals surface area contributed by atoms with Gasteiger partial charge in [0.25, 0.3) is 0 Å². The number of nitrogens with zero attached hydrogens (tertiary/aromatic N) is 4. The van der Waals surface area contributed by atoms with Gasteiger partial charge < -0.3 is 19.6 Å². The maximum Gasteiger partial charge on any atom is 0.416 e. The van der Waals surface area contributed by atoms with Crippen molar-refractivity contribution in [1.29, 1.82) is 0 Å². The first-order valence-electron chi connectivity index (χ1n) is 12.5. The Bertz CT molecular complexity index is 1340. The molecule has 1 aliphatic heterocycles. The standard InChI is InChI=1S/C27H29F3N4O3S/c1-17(19-5-3-4-6-20(19)27(28,29)30)37-23-14-24(38-25(23)26(35)36)34-16-31-21-8-7-18(13-22(21)34)15-33-11-9-32(2)10-12-33/h3-8,14,16-18H,9-13,15H2,1-2H3,(H,35,36)/t17-,18?/m1/s1. The number of likely N-dealkylation sites (N-methyl/N-ethyl adjacent to an activating group) is 1. The van der Waals surface area contributed by atoms with Gasteiger partial charge in [-0.3, -0.25) is 4.57 Å². The molecule has 0 bridgehead atoms. The average Bonchev–Trinajstić information content (AvgIpc) is 3.49. The molecule has 1 aromatic carbocycles. The van der Waals surface area contributed by atoms with Gasteiger partial charge in [0.1, 0.15) is 23.2 Å². The lowest BCUT2D eigenvalue weighted by molar-refractivity contribution is -0.139. The van der Waals surface area contributed by atoms with E-state index in [1.165, 1.54) is 25.1 Å². The van der Waals surface area contributed by atoms with Gasteiger partial charge in [-0.25, -0.2) is 9.78 Å². The van der Waals surface area contributed by atoms with Crippen molar-refractivity contribution in [1.82, 2.24) is 19.4 Å². The Morgan fingerprint density at radius 2 is 1.97 bits per heavy atom. The van der Waals surface area contributed by atoms with Crippen molar-refractivity contribution in [3.05, 3.63) is 70.1 Å². The van der Waals surface area contributed by atoms with Crippen LogP contribution in [0.4, 0.5) is 13.2 Å². The number of benzene rings is 1. The second kappa shape index (κ2) is 10.5. The number of hydrogen-bond acceptors (Lipinski definition) is 6. The van der Waals surface area contributed by atoms with Gasteiger partial charge in [-0.1, -0.05) is 24.3 Å². The van der Waals surface area contributed by atoms with Crippen LogP contribution in [0.2, 0.25) is 0 Å². The second-order valence-electron chi connectivity index (χ2n) is 9.80. The van der Waals surface area contributed by atoms with Gasteiger partial charge in [-0.05, 0) is 38.5 Å². The molecule has 0 radical (unpaired) electrons. The highest BCUT2D eigenvalue weighted by molar-refractivity contribution is 7.16. The number of hydrogen-bond donors (Lipinski definition) is 1. The van der Waals surface area contributed by atoms with Gasteiger partial charge in [0.05, 0.1) is 17.0 Å². The van der Waals surface area contributed by atoms with E-state index in [9.17, 15) is 23.1 Å². The summed E-state index contributed by atoms with van der Waals surface area (Å²) in [5.74, 6) is -0.867. The molecule has 3 heterocycles. The molecule has 1 N–H and O–H groups in total. The fraction of sp³-hybridized carbons (Fsp3) is 0.407. The van der Waals surface area contributed by atoms with Crippen molar-refractivity contribution in [3.63, 3.8) is 0 Å². The van der Waals surface area contributed by atoms with Crippen molar-refractivity contribution >= 4 is 23.4 Å². The fourth-order valence-corrected chi connectivity index (χ4v) is 5.96. The lowest BCUT2D eigenvalue weighted by Gasteiger charge is -2.34. The van der Waals surface area contributed by atoms with Crippen molar-refractivity contribution in [2.75, 3.05) is 39.8 Å². The van der Waals surface area contributed by atoms with Crippen LogP contribution in [0.25, 0.3) is 11.1 Å². The summed E-state index contributed by atoms with van der Waals surface area (Å²) in [4.78, 5) is 21.3. The zero-order valence-corrected chi connectivity index (χ0v) is 21.9. The maximum absolute atomic E-state index is 13.5. The number of carbonyl (C=O) groups is 1. The Kier molecular flexibility index (Phi) is 7.34. The lowest BCUT2D eigenvalue weighted by Crippen LogP contribution is -2.46. The van der Waals surface area contributed by atoms with Gasteiger partial charge in [0, 0.05) is 44.4 Å². The number of carboxylic acid groups (broad SMARTS) is 1. The minimum atomic E-state index is -4.55. The van der Waals surface area contributed by atoms with E-state index >= 15 is 0 Å². The predicted molar refractivity (Wildman–Crippen MR) is 139 cm³/mol. The number of piperazine rings is 1. The average molecular weight is 547 g/mol. The van der Waals surface area contributed by atoms with Crippen molar-refractivity contribution in [3.8, 4) is 10.8 Å². The number of carboxylic acids is 1. The summed E-state index contributed by atoms with van der Waals surface area (Å²) in [7, 11) is 2.13. The fourth-order valence-electron chi connectivity index (χ4n) is 5.03. The number of ether oxygens (including phenoxy) is 1. The van der Waals surface area contributed by atoms with Crippen LogP contribution >= 0.6 is 11.3 Å². The summed E-state index contributed by atoms with van der Waals surface area (Å²) < 4.78 is 48.3. The Labute approximate surface area is 222 Å². The molecule has 5 rings (SSSR count). The summed E-state index contributed by atoms with van der Waals surface area (Å²) in [5, 5.41) is 10.4. The number of thiophene rings is 1. The number of aromatic carboxylic acids is 1. The molecule has 1 unspecified atom stereocenters. The van der Waals surface area contributed by atoms with Gasteiger partial charge >= 0.3 is 12.1 Å². The molecule has 1 fully saturated rings. The van der Waals surface area contributed by atoms with E-state index in [0.29, 0.717) is 10.9 Å². The van der Waals surface area contributed by atoms with E-state index in [1.807, 2.05) is 10.6 Å². The van der Waals surface area contributed by atoms with E-state index in [-0.39, 0.29) is 16.2 Å². The van der Waals surface area contributed by atoms with Crippen LogP contribution in [0.3, 0.4) is 0 Å². The molecule has 3 aromatic rings. The van der Waals surface area contributed by atoms with Gasteiger partial charge in [-0.15, -0.1) is 11.3 Å². The minimum Gasteiger partial charge on any atom is -0.484 e. The number of rotatable bonds is 7. The van der Waals surface area contributed by atoms with Gasteiger partial charge in [0.15, 0.2) is 4.88 Å². The van der Waals surface area contributed by atoms with Gasteiger partial charge in [-0.2, -0.15) is 13.2 Å². The van der Waals surface area contributed by atoms with Crippen molar-refractivity contribution in [2.24, 2.45) is 5.92 Å². The number of imidazole rings is 1. The third kappa shape index (κ3) is 5.50. The molecule has 38 heavy (non-hydrogen) atoms. The first-order valence-corrected chi connectivity index (χ1v) is 13.3. The van der Waals surface area contributed by atoms with E-state index < -0.39 is 23.8 Å². The summed E-state index contributed by atoms with van der Waals surface area (Å²) in [6, 6.07) is 6.75. The quantitative estimate of drug-likeness (QED) is 0.438. The van der Waals surface area contributed by atoms with Crippen LogP contribution < -0.4 is 4.74 Å². The van der Waals surface area contributed by atoms with E-state index in [4.69, 9.17) is 4.74 Å². The molecule has 2 aromatic heterocycles. The van der Waals surface area contributed by atoms with Crippen LogP contribution in [0.15, 0.2) is 42.7 Å². The van der Waals surface area contributed by atoms with Crippen LogP contribution in [0, 0.1) is 5.92 Å². The molecule has 7 nitrogen and oxygen atoms in total. The van der Waals surface area contributed by atoms with Crippen LogP contribution in [0.5, 0.6) is 5.75 Å². The predicted octanol–water partition coefficient (Wildman–Crippen LogP) is 5.22. The molecule has 2 atom stereocenters. The van der Waals surface area contributed by atoms with Crippen LogP contribution in [-0.4, -0.2) is 70.2 Å². The maximum atomic E-state index is 13.5. The van der Waals surface area contributed by atoms with E-state index in [1.54, 1.807) is 12.4 Å². The molecule has 0 saturated carbocycles. The largest absolute Gasteiger partial charge is 0.484 e. The molecule has 1 aliphatic carbocycles. The SMILES string of the molecule is C[C@@H](Oc1cc(-n2cnc3c2CC(CN2CCN(C)CC2)C=C3)sc1C(=O)O)c1ccccc1C(F)(F)F. The molecule has 0 amide bonds. The Balaban J connectivity index is 1.38. The third-order valence-corrected chi connectivity index (χ3v) is 8.20. The van der Waals surface area contributed by atoms with Crippen LogP contribution in [-0.2, 0) is 12.6 Å². The molecule has 1 saturated heterocycles. The highest BCUT2D eigenvalue weighted by Gasteiger charge is 2.35. The third-order valence-electron chi connectivity index (χ3n) is 7.09. The second-order valence-corrected chi connectivity index (χ2v) is 10.8. The monoisotopic (exact) mass is 546 g/mol. The smallest absolute Gasteiger partial charge is 0.416 e. The lowest BCUT2D eigenvalue weighted by atomic mass is 9.95. The first-order chi connectivity index (χ1) is 18.1. The Morgan fingerprint density at radius 1 is 1.24 bits per heavy atom. The molecule has 0 spiro atoms. The van der Waals surface area contributed by atoms with Crippen molar-refractivity contribution < 1.29 is 27.8 Å². The number of halogens is 3. The van der Waals surface area contributed by atoms with Crippen molar-refractivity contribution in [2.45, 2.75) is 25.6 Å². The molecule has 202 valence electrons. The summed E-state index contributed by atoms with van der Waals surface area (Å²) in [6.07, 6.45) is 1.05. The van der Waals surface area contributed by atoms with Gasteiger partial charge in [0.2, 0.25) is 0 Å². The number of aromatic nitrogens is 2. The molecule has 11 heteroatoms. The Hall–Kier alpha value is -3.15. The molecular weight excluding hydrogens is 517 g/mol. The van der Waals surface area contributed by atoms with Crippen LogP contribution in [0.1, 0.15) is 45.2 Å². The Morgan fingerprint density at radius 3 is 2.68 bits per heavy atom. The molecule has 2 aliphatic rings. The summed E-state index contributed by atoms with van der Waals surface area (Å²) >= 11 is 1.02. The summed E-state index contributed by atoms with van der Waals surface area (Å²) in [6.45, 7) is 6.56. The normalized spacial score (nSPS) is 19.3. The number of alkyl halides is 3. The van der Waals surface area contributed by atoms with E-state index in [0.717, 1.165) is 67.9 Å². The number of fused-ring (bicyclic) bond motifs is 1.